The largest absolute Gasteiger partial charge is 0.368 e. The number of nitrogens with two attached hydrogens (primary N) is 2. The number of primary amides is 1. The van der Waals surface area contributed by atoms with E-state index in [0.717, 1.165) is 0 Å². The Balaban J connectivity index is 3.08. The minimum absolute atomic E-state index is 0.127. The molecule has 1 aromatic rings. The molecule has 0 fully saturated rings. The molecule has 1 amide bonds. The maximum Gasteiger partial charge on any atom is 0.236 e. The molecular weight excluding hydrogens is 244 g/mol. The predicted octanol–water partition coefficient (Wildman–Crippen LogP) is 0.272. The number of nitrogens with zero attached hydrogens (tertiary/aromatic N) is 3. The Labute approximate surface area is 113 Å². The molecule has 0 radical (unpaired) electrons. The molecule has 0 unspecified atom stereocenters. The molecule has 1 heterocycles. The normalized spacial score (nSPS) is 10.6. The van der Waals surface area contributed by atoms with Crippen molar-refractivity contribution in [3.63, 3.8) is 0 Å². The Bertz CT molecular complexity index is 412. The summed E-state index contributed by atoms with van der Waals surface area (Å²) in [6, 6.07) is 1.71. The monoisotopic (exact) mass is 266 g/mol. The summed E-state index contributed by atoms with van der Waals surface area (Å²) in [4.78, 5) is 21.7. The fraction of sp³-hybridized carbons (Fsp3) is 0.583. The van der Waals surface area contributed by atoms with Gasteiger partial charge in [-0.3, -0.25) is 4.79 Å². The number of hydrogen-bond acceptors (Lipinski definition) is 6. The van der Waals surface area contributed by atoms with Gasteiger partial charge in [-0.05, 0) is 5.92 Å². The fourth-order valence-electron chi connectivity index (χ4n) is 1.75. The number of nitrogens with one attached hydrogen (secondary N) is 1. The molecule has 19 heavy (non-hydrogen) atoms. The first-order valence-corrected chi connectivity index (χ1v) is 6.34. The van der Waals surface area contributed by atoms with Crippen molar-refractivity contribution in [1.29, 1.82) is 0 Å². The Morgan fingerprint density at radius 3 is 2.63 bits per heavy atom. The minimum atomic E-state index is -0.389. The van der Waals surface area contributed by atoms with Crippen LogP contribution >= 0.6 is 0 Å². The number of carbonyl (C=O) groups excluding carboxylic acids is 1. The second-order valence-electron chi connectivity index (χ2n) is 4.77. The fourth-order valence-corrected chi connectivity index (χ4v) is 1.75. The van der Waals surface area contributed by atoms with Gasteiger partial charge in [-0.15, -0.1) is 0 Å². The van der Waals surface area contributed by atoms with E-state index in [-0.39, 0.29) is 12.5 Å². The van der Waals surface area contributed by atoms with Crippen LogP contribution in [0.2, 0.25) is 0 Å². The van der Waals surface area contributed by atoms with Crippen LogP contribution in [-0.2, 0) is 11.2 Å². The summed E-state index contributed by atoms with van der Waals surface area (Å²) in [6.45, 7) is 6.91. The zero-order valence-corrected chi connectivity index (χ0v) is 11.7. The molecule has 1 aromatic heterocycles. The van der Waals surface area contributed by atoms with E-state index >= 15 is 0 Å². The van der Waals surface area contributed by atoms with E-state index in [1.807, 2.05) is 11.8 Å². The average Bonchev–Trinajstić information content (AvgIpc) is 2.36. The highest BCUT2D eigenvalue weighted by atomic mass is 16.1. The molecule has 0 aliphatic carbocycles. The van der Waals surface area contributed by atoms with Gasteiger partial charge >= 0.3 is 0 Å². The first-order chi connectivity index (χ1) is 8.96. The van der Waals surface area contributed by atoms with Gasteiger partial charge in [0.15, 0.2) is 0 Å². The van der Waals surface area contributed by atoms with Crippen LogP contribution in [-0.4, -0.2) is 29.0 Å². The molecule has 0 atom stereocenters. The summed E-state index contributed by atoms with van der Waals surface area (Å²) in [5, 5.41) is 0. The average molecular weight is 266 g/mol. The smallest absolute Gasteiger partial charge is 0.236 e. The second kappa shape index (κ2) is 6.89. The molecule has 0 aromatic carbocycles. The Morgan fingerprint density at radius 1 is 1.47 bits per heavy atom. The Kier molecular flexibility index (Phi) is 5.50. The molecule has 0 bridgehead atoms. The van der Waals surface area contributed by atoms with Gasteiger partial charge in [-0.25, -0.2) is 15.8 Å². The standard InChI is InChI=1S/C12H22N6O/c1-4-10-15-11(17-14)5-12(16-10)18(6-8(2)3)7-9(13)19/h5,8H,4,6-7,14H2,1-3H3,(H2,13,19)(H,15,16,17). The van der Waals surface area contributed by atoms with Gasteiger partial charge in [0.2, 0.25) is 5.91 Å². The first-order valence-electron chi connectivity index (χ1n) is 6.34. The van der Waals surface area contributed by atoms with Gasteiger partial charge in [-0.2, -0.15) is 0 Å². The van der Waals surface area contributed by atoms with Crippen molar-refractivity contribution in [3.05, 3.63) is 11.9 Å². The molecule has 7 nitrogen and oxygen atoms in total. The van der Waals surface area contributed by atoms with Crippen LogP contribution in [0, 0.1) is 5.92 Å². The predicted molar refractivity (Wildman–Crippen MR) is 75.5 cm³/mol. The zero-order valence-electron chi connectivity index (χ0n) is 11.7. The van der Waals surface area contributed by atoms with Crippen LogP contribution in [0.4, 0.5) is 11.6 Å². The molecule has 0 aliphatic heterocycles. The van der Waals surface area contributed by atoms with E-state index in [1.54, 1.807) is 6.07 Å². The van der Waals surface area contributed by atoms with Crippen molar-refractivity contribution >= 4 is 17.5 Å². The van der Waals surface area contributed by atoms with Crippen LogP contribution in [0.25, 0.3) is 0 Å². The summed E-state index contributed by atoms with van der Waals surface area (Å²) >= 11 is 0. The van der Waals surface area contributed by atoms with Crippen LogP contribution in [0.3, 0.4) is 0 Å². The van der Waals surface area contributed by atoms with Crippen LogP contribution in [0.5, 0.6) is 0 Å². The number of amides is 1. The number of aryl methyl sites for hydroxylation is 1. The summed E-state index contributed by atoms with van der Waals surface area (Å²) in [7, 11) is 0. The van der Waals surface area contributed by atoms with Gasteiger partial charge in [0.25, 0.3) is 0 Å². The highest BCUT2D eigenvalue weighted by molar-refractivity contribution is 5.79. The molecule has 7 heteroatoms. The number of aromatic nitrogens is 2. The molecular formula is C12H22N6O. The first kappa shape index (κ1) is 15.2. The molecule has 0 saturated heterocycles. The van der Waals surface area contributed by atoms with Gasteiger partial charge in [0, 0.05) is 19.0 Å². The van der Waals surface area contributed by atoms with E-state index in [4.69, 9.17) is 11.6 Å². The molecule has 106 valence electrons. The Morgan fingerprint density at radius 2 is 2.16 bits per heavy atom. The summed E-state index contributed by atoms with van der Waals surface area (Å²) in [6.07, 6.45) is 0.689. The highest BCUT2D eigenvalue weighted by Gasteiger charge is 2.14. The Hall–Kier alpha value is -1.89. The zero-order chi connectivity index (χ0) is 14.4. The van der Waals surface area contributed by atoms with Crippen molar-refractivity contribution in [2.24, 2.45) is 17.5 Å². The number of carbonyl (C=O) groups is 1. The van der Waals surface area contributed by atoms with Crippen molar-refractivity contribution in [2.75, 3.05) is 23.4 Å². The van der Waals surface area contributed by atoms with Crippen molar-refractivity contribution in [1.82, 2.24) is 9.97 Å². The van der Waals surface area contributed by atoms with Crippen molar-refractivity contribution < 1.29 is 4.79 Å². The summed E-state index contributed by atoms with van der Waals surface area (Å²) in [5.74, 6) is 7.25. The van der Waals surface area contributed by atoms with Crippen molar-refractivity contribution in [3.8, 4) is 0 Å². The topological polar surface area (TPSA) is 110 Å². The third-order valence-corrected chi connectivity index (χ3v) is 2.48. The van der Waals surface area contributed by atoms with Crippen LogP contribution in [0.1, 0.15) is 26.6 Å². The number of hydrogen-bond donors (Lipinski definition) is 3. The third kappa shape index (κ3) is 4.70. The lowest BCUT2D eigenvalue weighted by Crippen LogP contribution is -2.37. The van der Waals surface area contributed by atoms with E-state index in [2.05, 4.69) is 29.2 Å². The van der Waals surface area contributed by atoms with Crippen LogP contribution in [0.15, 0.2) is 6.07 Å². The third-order valence-electron chi connectivity index (χ3n) is 2.48. The van der Waals surface area contributed by atoms with E-state index in [1.165, 1.54) is 0 Å². The lowest BCUT2D eigenvalue weighted by molar-refractivity contribution is -0.116. The van der Waals surface area contributed by atoms with Gasteiger partial charge in [0.1, 0.15) is 17.5 Å². The van der Waals surface area contributed by atoms with Gasteiger partial charge in [0.05, 0.1) is 6.54 Å². The number of anilines is 2. The summed E-state index contributed by atoms with van der Waals surface area (Å²) in [5.41, 5.74) is 7.79. The lowest BCUT2D eigenvalue weighted by atomic mass is 10.2. The molecule has 0 spiro atoms. The van der Waals surface area contributed by atoms with Crippen molar-refractivity contribution in [2.45, 2.75) is 27.2 Å². The highest BCUT2D eigenvalue weighted by Crippen LogP contribution is 2.17. The van der Waals surface area contributed by atoms with E-state index < -0.39 is 0 Å². The SMILES string of the molecule is CCc1nc(NN)cc(N(CC(N)=O)CC(C)C)n1. The molecule has 1 rings (SSSR count). The van der Waals surface area contributed by atoms with E-state index in [9.17, 15) is 4.79 Å². The number of rotatable bonds is 7. The number of hydrazine groups is 1. The summed E-state index contributed by atoms with van der Waals surface area (Å²) < 4.78 is 0. The molecule has 0 saturated carbocycles. The maximum absolute atomic E-state index is 11.2. The van der Waals surface area contributed by atoms with Gasteiger partial charge in [-0.1, -0.05) is 20.8 Å². The molecule has 0 aliphatic rings. The van der Waals surface area contributed by atoms with E-state index in [0.29, 0.717) is 36.3 Å². The number of nitrogen functional groups attached to an aromatic ring is 1. The second-order valence-corrected chi connectivity index (χ2v) is 4.77. The molecule has 5 N–H and O–H groups in total. The van der Waals surface area contributed by atoms with Gasteiger partial charge < -0.3 is 16.1 Å². The lowest BCUT2D eigenvalue weighted by Gasteiger charge is -2.24. The minimum Gasteiger partial charge on any atom is -0.368 e. The van der Waals surface area contributed by atoms with Crippen LogP contribution < -0.4 is 21.9 Å². The quantitative estimate of drug-likeness (QED) is 0.483. The maximum atomic E-state index is 11.2.